The normalized spacial score (nSPS) is 21.7. The molecule has 16 heavy (non-hydrogen) atoms. The third-order valence-electron chi connectivity index (χ3n) is 2.22. The summed E-state index contributed by atoms with van der Waals surface area (Å²) in [6.07, 6.45) is 0.0305. The van der Waals surface area contributed by atoms with Crippen LogP contribution in [0.25, 0.3) is 0 Å². The molecule has 1 fully saturated rings. The molecule has 1 unspecified atom stereocenters. The van der Waals surface area contributed by atoms with Gasteiger partial charge in [-0.25, -0.2) is 0 Å². The molecule has 0 N–H and O–H groups in total. The molecule has 1 atom stereocenters. The molecule has 88 valence electrons. The van der Waals surface area contributed by atoms with Crippen molar-refractivity contribution in [3.05, 3.63) is 5.51 Å². The molecule has 0 bridgehead atoms. The number of hydrogen-bond donors (Lipinski definition) is 0. The van der Waals surface area contributed by atoms with Crippen LogP contribution in [0.3, 0.4) is 0 Å². The molecule has 0 spiro atoms. The second kappa shape index (κ2) is 4.06. The van der Waals surface area contributed by atoms with Gasteiger partial charge in [0.05, 0.1) is 5.75 Å². The van der Waals surface area contributed by atoms with Crippen LogP contribution in [-0.2, 0) is 15.0 Å². The highest BCUT2D eigenvalue weighted by molar-refractivity contribution is 7.86. The molecule has 2 rings (SSSR count). The topological polar surface area (TPSA) is 80.2 Å². The van der Waals surface area contributed by atoms with Crippen LogP contribution in [0.4, 0.5) is 9.02 Å². The van der Waals surface area contributed by atoms with E-state index in [1.54, 1.807) is 0 Å². The fourth-order valence-corrected chi connectivity index (χ4v) is 3.02. The number of nitrogens with zero attached hydrogens (tertiary/aromatic N) is 3. The Balaban J connectivity index is 2.08. The number of carbonyl (C=O) groups excluding carboxylic acids is 1. The summed E-state index contributed by atoms with van der Waals surface area (Å²) in [5, 5.41) is 7.71. The first-order valence-electron chi connectivity index (χ1n) is 4.44. The van der Waals surface area contributed by atoms with E-state index in [0.29, 0.717) is 5.13 Å². The van der Waals surface area contributed by atoms with E-state index in [-0.39, 0.29) is 18.9 Å². The molecule has 0 radical (unpaired) electrons. The third-order valence-corrected chi connectivity index (χ3v) is 3.80. The fraction of sp³-hybridized carbons (Fsp3) is 0.571. The highest BCUT2D eigenvalue weighted by Gasteiger charge is 2.34. The van der Waals surface area contributed by atoms with Crippen molar-refractivity contribution in [2.24, 2.45) is 5.92 Å². The number of anilines is 1. The van der Waals surface area contributed by atoms with Crippen molar-refractivity contribution < 1.29 is 17.1 Å². The Labute approximate surface area is 95.3 Å². The maximum Gasteiger partial charge on any atom is 0.302 e. The van der Waals surface area contributed by atoms with E-state index in [4.69, 9.17) is 0 Å². The smallest absolute Gasteiger partial charge is 0.286 e. The zero-order valence-electron chi connectivity index (χ0n) is 8.04. The molecule has 9 heteroatoms. The molecule has 1 aromatic rings. The maximum atomic E-state index is 12.5. The molecule has 1 aliphatic heterocycles. The van der Waals surface area contributed by atoms with Crippen molar-refractivity contribution >= 4 is 32.6 Å². The number of aromatic nitrogens is 2. The van der Waals surface area contributed by atoms with E-state index in [1.165, 1.54) is 21.7 Å². The van der Waals surface area contributed by atoms with Crippen LogP contribution >= 0.6 is 11.3 Å². The second-order valence-corrected chi connectivity index (χ2v) is 5.72. The lowest BCUT2D eigenvalue weighted by Gasteiger charge is -2.10. The lowest BCUT2D eigenvalue weighted by molar-refractivity contribution is -0.117. The van der Waals surface area contributed by atoms with Gasteiger partial charge in [0, 0.05) is 18.9 Å². The molecule has 1 saturated heterocycles. The minimum atomic E-state index is -4.53. The van der Waals surface area contributed by atoms with E-state index >= 15 is 0 Å². The first-order chi connectivity index (χ1) is 7.46. The van der Waals surface area contributed by atoms with Gasteiger partial charge < -0.3 is 0 Å². The van der Waals surface area contributed by atoms with Gasteiger partial charge in [0.25, 0.3) is 0 Å². The van der Waals surface area contributed by atoms with Gasteiger partial charge in [0.1, 0.15) is 5.51 Å². The van der Waals surface area contributed by atoms with Crippen LogP contribution < -0.4 is 4.90 Å². The first kappa shape index (κ1) is 11.4. The summed E-state index contributed by atoms with van der Waals surface area (Å²) in [6.45, 7) is 0.178. The Kier molecular flexibility index (Phi) is 2.89. The predicted molar refractivity (Wildman–Crippen MR) is 55.3 cm³/mol. The lowest BCUT2D eigenvalue weighted by atomic mass is 10.1. The number of amides is 1. The Morgan fingerprint density at radius 2 is 2.38 bits per heavy atom. The first-order valence-corrected chi connectivity index (χ1v) is 6.88. The highest BCUT2D eigenvalue weighted by Crippen LogP contribution is 2.26. The molecule has 0 aromatic carbocycles. The highest BCUT2D eigenvalue weighted by atomic mass is 32.3. The molecular formula is C7H8FN3O3S2. The molecule has 1 aliphatic rings. The Morgan fingerprint density at radius 3 is 2.94 bits per heavy atom. The zero-order valence-corrected chi connectivity index (χ0v) is 9.67. The van der Waals surface area contributed by atoms with Gasteiger partial charge in [0.15, 0.2) is 0 Å². The predicted octanol–water partition coefficient (Wildman–Crippen LogP) is 0.190. The van der Waals surface area contributed by atoms with Crippen molar-refractivity contribution in [2.45, 2.75) is 6.42 Å². The van der Waals surface area contributed by atoms with Gasteiger partial charge in [-0.1, -0.05) is 11.3 Å². The van der Waals surface area contributed by atoms with Gasteiger partial charge in [-0.2, -0.15) is 8.42 Å². The third kappa shape index (κ3) is 2.53. The average molecular weight is 265 g/mol. The number of halogens is 1. The van der Waals surface area contributed by atoms with E-state index in [2.05, 4.69) is 10.2 Å². The molecule has 1 amide bonds. The van der Waals surface area contributed by atoms with Crippen molar-refractivity contribution in [1.82, 2.24) is 10.2 Å². The van der Waals surface area contributed by atoms with Gasteiger partial charge in [0.2, 0.25) is 11.0 Å². The minimum absolute atomic E-state index is 0.0305. The van der Waals surface area contributed by atoms with Crippen molar-refractivity contribution in [2.75, 3.05) is 17.2 Å². The van der Waals surface area contributed by atoms with Gasteiger partial charge >= 0.3 is 10.2 Å². The quantitative estimate of drug-likeness (QED) is 0.729. The number of rotatable bonds is 3. The largest absolute Gasteiger partial charge is 0.302 e. The summed E-state index contributed by atoms with van der Waals surface area (Å²) in [4.78, 5) is 12.9. The van der Waals surface area contributed by atoms with E-state index in [9.17, 15) is 17.1 Å². The van der Waals surface area contributed by atoms with Gasteiger partial charge in [-0.3, -0.25) is 9.69 Å². The molecule has 0 saturated carbocycles. The van der Waals surface area contributed by atoms with E-state index in [1.807, 2.05) is 0 Å². The Morgan fingerprint density at radius 1 is 1.62 bits per heavy atom. The zero-order chi connectivity index (χ0) is 11.8. The average Bonchev–Trinajstić information content (AvgIpc) is 2.71. The monoisotopic (exact) mass is 265 g/mol. The summed E-state index contributed by atoms with van der Waals surface area (Å²) < 4.78 is 33.4. The van der Waals surface area contributed by atoms with Gasteiger partial charge in [-0.05, 0) is 0 Å². The van der Waals surface area contributed by atoms with E-state index in [0.717, 1.165) is 0 Å². The SMILES string of the molecule is O=C1CC(CS(=O)(=O)F)CN1c1nncs1. The molecule has 6 nitrogen and oxygen atoms in total. The summed E-state index contributed by atoms with van der Waals surface area (Å²) in [5.41, 5.74) is 1.47. The molecular weight excluding hydrogens is 257 g/mol. The summed E-state index contributed by atoms with van der Waals surface area (Å²) in [6, 6.07) is 0. The van der Waals surface area contributed by atoms with Crippen LogP contribution in [-0.4, -0.2) is 36.8 Å². The number of carbonyl (C=O) groups is 1. The second-order valence-electron chi connectivity index (χ2n) is 3.50. The van der Waals surface area contributed by atoms with Crippen LogP contribution in [0.5, 0.6) is 0 Å². The van der Waals surface area contributed by atoms with Crippen LogP contribution in [0.2, 0.25) is 0 Å². The molecule has 1 aromatic heterocycles. The standard InChI is InChI=1S/C7H8FN3O3S2/c8-16(13,14)3-5-1-6(12)11(2-5)7-10-9-4-15-7/h4-5H,1-3H2. The van der Waals surface area contributed by atoms with Crippen LogP contribution in [0.15, 0.2) is 5.51 Å². The van der Waals surface area contributed by atoms with E-state index < -0.39 is 21.9 Å². The Hall–Kier alpha value is -1.09. The van der Waals surface area contributed by atoms with Crippen molar-refractivity contribution in [3.8, 4) is 0 Å². The molecule has 0 aliphatic carbocycles. The Bertz CT molecular complexity index is 487. The summed E-state index contributed by atoms with van der Waals surface area (Å²) >= 11 is 1.18. The van der Waals surface area contributed by atoms with Gasteiger partial charge in [-0.15, -0.1) is 14.1 Å². The maximum absolute atomic E-state index is 12.5. The number of hydrogen-bond acceptors (Lipinski definition) is 6. The van der Waals surface area contributed by atoms with Crippen molar-refractivity contribution in [3.63, 3.8) is 0 Å². The molecule has 2 heterocycles. The minimum Gasteiger partial charge on any atom is -0.286 e. The van der Waals surface area contributed by atoms with Crippen LogP contribution in [0.1, 0.15) is 6.42 Å². The fourth-order valence-electron chi connectivity index (χ4n) is 1.64. The lowest BCUT2D eigenvalue weighted by Crippen LogP contribution is -2.25. The summed E-state index contributed by atoms with van der Waals surface area (Å²) in [5.74, 6) is -1.37. The summed E-state index contributed by atoms with van der Waals surface area (Å²) in [7, 11) is -4.53. The van der Waals surface area contributed by atoms with Crippen molar-refractivity contribution in [1.29, 1.82) is 0 Å². The van der Waals surface area contributed by atoms with Crippen LogP contribution in [0, 0.1) is 5.92 Å².